The molecule has 1 atom stereocenters. The van der Waals surface area contributed by atoms with E-state index >= 15 is 0 Å². The third-order valence-corrected chi connectivity index (χ3v) is 4.20. The van der Waals surface area contributed by atoms with E-state index in [4.69, 9.17) is 0 Å². The van der Waals surface area contributed by atoms with Gasteiger partial charge in [0.15, 0.2) is 0 Å². The van der Waals surface area contributed by atoms with Crippen LogP contribution in [-0.2, 0) is 4.79 Å². The number of rotatable bonds is 4. The van der Waals surface area contributed by atoms with Crippen molar-refractivity contribution in [3.63, 3.8) is 0 Å². The van der Waals surface area contributed by atoms with Crippen LogP contribution in [0.5, 0.6) is 0 Å². The van der Waals surface area contributed by atoms with Crippen molar-refractivity contribution in [1.29, 1.82) is 0 Å². The largest absolute Gasteiger partial charge is 0.481 e. The van der Waals surface area contributed by atoms with Crippen LogP contribution in [0.25, 0.3) is 0 Å². The zero-order valence-corrected chi connectivity index (χ0v) is 11.7. The molecular formula is C14H17FN2O4. The number of carboxylic acids is 1. The molecule has 1 unspecified atom stereocenters. The number of hydrogen-bond donors (Lipinski definition) is 1. The number of nitro benzene ring substituents is 1. The fourth-order valence-corrected chi connectivity index (χ4v) is 2.89. The number of benzene rings is 1. The summed E-state index contributed by atoms with van der Waals surface area (Å²) in [6, 6.07) is 3.91. The zero-order chi connectivity index (χ0) is 15.6. The minimum atomic E-state index is -0.932. The number of piperidine rings is 1. The maximum Gasteiger partial charge on any atom is 0.327 e. The molecule has 114 valence electrons. The Morgan fingerprint density at radius 1 is 1.57 bits per heavy atom. The summed E-state index contributed by atoms with van der Waals surface area (Å²) in [7, 11) is 0. The fourth-order valence-electron chi connectivity index (χ4n) is 2.89. The van der Waals surface area contributed by atoms with Crippen LogP contribution in [-0.4, -0.2) is 29.1 Å². The van der Waals surface area contributed by atoms with Crippen LogP contribution in [0.4, 0.5) is 15.8 Å². The average Bonchev–Trinajstić information content (AvgIpc) is 2.46. The van der Waals surface area contributed by atoms with Gasteiger partial charge >= 0.3 is 11.7 Å². The third kappa shape index (κ3) is 2.68. The van der Waals surface area contributed by atoms with Gasteiger partial charge in [-0.15, -0.1) is 0 Å². The minimum absolute atomic E-state index is 0.152. The van der Waals surface area contributed by atoms with Gasteiger partial charge < -0.3 is 10.0 Å². The highest BCUT2D eigenvalue weighted by molar-refractivity contribution is 5.76. The van der Waals surface area contributed by atoms with Gasteiger partial charge in [0.1, 0.15) is 5.69 Å². The molecule has 0 aliphatic carbocycles. The van der Waals surface area contributed by atoms with E-state index in [1.54, 1.807) is 11.8 Å². The number of aliphatic carboxylic acids is 1. The first kappa shape index (κ1) is 15.2. The van der Waals surface area contributed by atoms with E-state index in [0.717, 1.165) is 6.07 Å². The Kier molecular flexibility index (Phi) is 4.11. The van der Waals surface area contributed by atoms with Crippen molar-refractivity contribution in [3.05, 3.63) is 34.1 Å². The lowest BCUT2D eigenvalue weighted by molar-refractivity contribution is -0.386. The van der Waals surface area contributed by atoms with E-state index < -0.39 is 27.8 Å². The number of para-hydroxylation sites is 1. The van der Waals surface area contributed by atoms with Crippen molar-refractivity contribution in [2.75, 3.05) is 18.0 Å². The first-order chi connectivity index (χ1) is 9.91. The van der Waals surface area contributed by atoms with Crippen molar-refractivity contribution in [3.8, 4) is 0 Å². The second kappa shape index (κ2) is 5.67. The van der Waals surface area contributed by atoms with Gasteiger partial charge in [0.25, 0.3) is 0 Å². The molecule has 21 heavy (non-hydrogen) atoms. The molecule has 0 bridgehead atoms. The molecule has 1 fully saturated rings. The van der Waals surface area contributed by atoms with Crippen molar-refractivity contribution >= 4 is 17.3 Å². The van der Waals surface area contributed by atoms with E-state index in [9.17, 15) is 24.4 Å². The summed E-state index contributed by atoms with van der Waals surface area (Å²) < 4.78 is 13.7. The highest BCUT2D eigenvalue weighted by Gasteiger charge is 2.42. The lowest BCUT2D eigenvalue weighted by Gasteiger charge is -2.40. The summed E-state index contributed by atoms with van der Waals surface area (Å²) in [4.78, 5) is 23.5. The Hall–Kier alpha value is -2.18. The standard InChI is InChI=1S/C14H17FN2O4/c1-2-14(13(18)19)7-4-8-16(9-14)11-6-3-5-10(15)12(11)17(20)21/h3,5-6H,2,4,7-9H2,1H3,(H,18,19). The highest BCUT2D eigenvalue weighted by atomic mass is 19.1. The van der Waals surface area contributed by atoms with Crippen molar-refractivity contribution in [1.82, 2.24) is 0 Å². The van der Waals surface area contributed by atoms with E-state index in [1.165, 1.54) is 12.1 Å². The second-order valence-electron chi connectivity index (χ2n) is 5.33. The smallest absolute Gasteiger partial charge is 0.327 e. The highest BCUT2D eigenvalue weighted by Crippen LogP contribution is 2.39. The van der Waals surface area contributed by atoms with Crippen LogP contribution in [0.2, 0.25) is 0 Å². The molecule has 0 saturated carbocycles. The summed E-state index contributed by atoms with van der Waals surface area (Å²) in [5, 5.41) is 20.5. The maximum absolute atomic E-state index is 13.7. The molecule has 1 saturated heterocycles. The van der Waals surface area contributed by atoms with E-state index in [0.29, 0.717) is 25.8 Å². The van der Waals surface area contributed by atoms with Crippen molar-refractivity contribution in [2.24, 2.45) is 5.41 Å². The van der Waals surface area contributed by atoms with E-state index in [2.05, 4.69) is 0 Å². The number of halogens is 1. The van der Waals surface area contributed by atoms with E-state index in [-0.39, 0.29) is 12.2 Å². The molecule has 1 aliphatic rings. The van der Waals surface area contributed by atoms with Gasteiger partial charge in [-0.3, -0.25) is 14.9 Å². The van der Waals surface area contributed by atoms with E-state index in [1.807, 2.05) is 0 Å². The van der Waals surface area contributed by atoms with Gasteiger partial charge in [-0.1, -0.05) is 13.0 Å². The first-order valence-corrected chi connectivity index (χ1v) is 6.82. The van der Waals surface area contributed by atoms with Gasteiger partial charge in [0, 0.05) is 13.1 Å². The van der Waals surface area contributed by atoms with Gasteiger partial charge in [-0.05, 0) is 31.4 Å². The maximum atomic E-state index is 13.7. The number of carboxylic acid groups (broad SMARTS) is 1. The topological polar surface area (TPSA) is 83.7 Å². The van der Waals surface area contributed by atoms with Crippen molar-refractivity contribution in [2.45, 2.75) is 26.2 Å². The number of hydrogen-bond acceptors (Lipinski definition) is 4. The number of carbonyl (C=O) groups is 1. The van der Waals surface area contributed by atoms with Crippen LogP contribution in [0, 0.1) is 21.3 Å². The number of nitro groups is 1. The Labute approximate surface area is 121 Å². The molecule has 1 aromatic carbocycles. The first-order valence-electron chi connectivity index (χ1n) is 6.82. The van der Waals surface area contributed by atoms with Gasteiger partial charge in [0.2, 0.25) is 5.82 Å². The molecular weight excluding hydrogens is 279 g/mol. The molecule has 6 nitrogen and oxygen atoms in total. The minimum Gasteiger partial charge on any atom is -0.481 e. The average molecular weight is 296 g/mol. The summed E-state index contributed by atoms with van der Waals surface area (Å²) in [5.41, 5.74) is -1.37. The molecule has 1 N–H and O–H groups in total. The number of anilines is 1. The third-order valence-electron chi connectivity index (χ3n) is 4.20. The normalized spacial score (nSPS) is 22.1. The second-order valence-corrected chi connectivity index (χ2v) is 5.33. The van der Waals surface area contributed by atoms with Gasteiger partial charge in [-0.2, -0.15) is 4.39 Å². The van der Waals surface area contributed by atoms with Crippen LogP contribution >= 0.6 is 0 Å². The molecule has 0 radical (unpaired) electrons. The lowest BCUT2D eigenvalue weighted by Crippen LogP contribution is -2.47. The fraction of sp³-hybridized carbons (Fsp3) is 0.500. The molecule has 7 heteroatoms. The summed E-state index contributed by atoms with van der Waals surface area (Å²) >= 11 is 0. The predicted molar refractivity (Wildman–Crippen MR) is 74.9 cm³/mol. The SMILES string of the molecule is CCC1(C(=O)O)CCCN(c2cccc(F)c2[N+](=O)[O-])C1. The lowest BCUT2D eigenvalue weighted by atomic mass is 9.77. The Balaban J connectivity index is 2.41. The monoisotopic (exact) mass is 296 g/mol. The molecule has 0 aromatic heterocycles. The molecule has 1 aliphatic heterocycles. The van der Waals surface area contributed by atoms with Crippen LogP contribution in [0.15, 0.2) is 18.2 Å². The molecule has 1 aromatic rings. The van der Waals surface area contributed by atoms with Gasteiger partial charge in [0.05, 0.1) is 10.3 Å². The van der Waals surface area contributed by atoms with Crippen LogP contribution in [0.3, 0.4) is 0 Å². The van der Waals surface area contributed by atoms with Crippen molar-refractivity contribution < 1.29 is 19.2 Å². The number of nitrogens with zero attached hydrogens (tertiary/aromatic N) is 2. The molecule has 2 rings (SSSR count). The van der Waals surface area contributed by atoms with Crippen LogP contribution < -0.4 is 4.90 Å². The zero-order valence-electron chi connectivity index (χ0n) is 11.7. The Morgan fingerprint density at radius 3 is 2.86 bits per heavy atom. The summed E-state index contributed by atoms with van der Waals surface area (Å²) in [6.45, 7) is 2.43. The summed E-state index contributed by atoms with van der Waals surface area (Å²) in [6.07, 6.45) is 1.56. The predicted octanol–water partition coefficient (Wildman–Crippen LogP) is 2.82. The Bertz CT molecular complexity index is 578. The van der Waals surface area contributed by atoms with Crippen LogP contribution in [0.1, 0.15) is 26.2 Å². The van der Waals surface area contributed by atoms with Gasteiger partial charge in [-0.25, -0.2) is 0 Å². The molecule has 0 amide bonds. The molecule has 0 spiro atoms. The Morgan fingerprint density at radius 2 is 2.29 bits per heavy atom. The summed E-state index contributed by atoms with van der Waals surface area (Å²) in [5.74, 6) is -1.81. The quantitative estimate of drug-likeness (QED) is 0.682. The molecule has 1 heterocycles.